The molecular formula is C26H21F2NO3S. The van der Waals surface area contributed by atoms with Crippen LogP contribution in [0.4, 0.5) is 8.78 Å². The molecule has 0 aliphatic heterocycles. The van der Waals surface area contributed by atoms with Crippen molar-refractivity contribution in [3.8, 4) is 0 Å². The van der Waals surface area contributed by atoms with E-state index in [-0.39, 0.29) is 16.0 Å². The van der Waals surface area contributed by atoms with E-state index in [0.717, 1.165) is 10.9 Å². The SMILES string of the molecule is Cc1ccc(S(=O)(=O)NC(c2ccc3ccccc3c2)C(F)(F)C(=O)c2ccccc2)cc1. The van der Waals surface area contributed by atoms with E-state index < -0.39 is 27.8 Å². The second-order valence-electron chi connectivity index (χ2n) is 7.79. The third-order valence-electron chi connectivity index (χ3n) is 5.41. The van der Waals surface area contributed by atoms with Gasteiger partial charge in [0, 0.05) is 5.56 Å². The molecule has 4 aromatic rings. The van der Waals surface area contributed by atoms with Gasteiger partial charge in [-0.25, -0.2) is 8.42 Å². The van der Waals surface area contributed by atoms with E-state index in [2.05, 4.69) is 4.72 Å². The fourth-order valence-electron chi connectivity index (χ4n) is 3.59. The first-order valence-electron chi connectivity index (χ1n) is 10.2. The maximum absolute atomic E-state index is 15.7. The molecule has 4 aromatic carbocycles. The van der Waals surface area contributed by atoms with Gasteiger partial charge in [0.2, 0.25) is 15.8 Å². The molecule has 0 aliphatic rings. The Hall–Kier alpha value is -3.42. The van der Waals surface area contributed by atoms with Gasteiger partial charge < -0.3 is 0 Å². The second-order valence-corrected chi connectivity index (χ2v) is 9.51. The summed E-state index contributed by atoms with van der Waals surface area (Å²) in [6.07, 6.45) is 0. The molecular weight excluding hydrogens is 444 g/mol. The topological polar surface area (TPSA) is 63.2 Å². The maximum atomic E-state index is 15.7. The van der Waals surface area contributed by atoms with E-state index in [0.29, 0.717) is 5.39 Å². The molecule has 4 nitrogen and oxygen atoms in total. The zero-order valence-electron chi connectivity index (χ0n) is 17.7. The Morgan fingerprint density at radius 2 is 1.42 bits per heavy atom. The highest BCUT2D eigenvalue weighted by Gasteiger charge is 2.50. The van der Waals surface area contributed by atoms with E-state index in [9.17, 15) is 13.2 Å². The highest BCUT2D eigenvalue weighted by molar-refractivity contribution is 7.89. The van der Waals surface area contributed by atoms with E-state index in [1.165, 1.54) is 48.5 Å². The van der Waals surface area contributed by atoms with Crippen LogP contribution in [0.5, 0.6) is 0 Å². The summed E-state index contributed by atoms with van der Waals surface area (Å²) in [5, 5.41) is 1.46. The average Bonchev–Trinajstić information content (AvgIpc) is 2.82. The van der Waals surface area contributed by atoms with Crippen molar-refractivity contribution in [2.24, 2.45) is 0 Å². The summed E-state index contributed by atoms with van der Waals surface area (Å²) in [7, 11) is -4.36. The molecule has 0 saturated heterocycles. The number of nitrogens with one attached hydrogen (secondary N) is 1. The van der Waals surface area contributed by atoms with Crippen LogP contribution < -0.4 is 4.72 Å². The molecule has 1 atom stereocenters. The first-order valence-corrected chi connectivity index (χ1v) is 11.7. The molecule has 33 heavy (non-hydrogen) atoms. The summed E-state index contributed by atoms with van der Waals surface area (Å²) < 4.78 is 59.6. The van der Waals surface area contributed by atoms with Crippen molar-refractivity contribution in [1.29, 1.82) is 0 Å². The van der Waals surface area contributed by atoms with Gasteiger partial charge in [-0.15, -0.1) is 0 Å². The minimum Gasteiger partial charge on any atom is -0.287 e. The third kappa shape index (κ3) is 4.69. The zero-order chi connectivity index (χ0) is 23.6. The molecule has 0 amide bonds. The largest absolute Gasteiger partial charge is 0.329 e. The lowest BCUT2D eigenvalue weighted by Crippen LogP contribution is -2.45. The van der Waals surface area contributed by atoms with Crippen LogP contribution in [0.3, 0.4) is 0 Å². The molecule has 168 valence electrons. The smallest absolute Gasteiger partial charge is 0.287 e. The normalized spacial score (nSPS) is 13.1. The highest BCUT2D eigenvalue weighted by Crippen LogP contribution is 2.37. The number of fused-ring (bicyclic) bond motifs is 1. The standard InChI is InChI=1S/C26H21F2NO3S/c1-18-11-15-23(16-12-18)33(31,32)29-24(22-14-13-19-7-5-6-10-21(19)17-22)26(27,28)25(30)20-8-3-2-4-9-20/h2-17,24,29H,1H3. The Balaban J connectivity index is 1.82. The van der Waals surface area contributed by atoms with Crippen LogP contribution in [-0.4, -0.2) is 20.1 Å². The predicted octanol–water partition coefficient (Wildman–Crippen LogP) is 5.69. The number of ketones is 1. The van der Waals surface area contributed by atoms with Gasteiger partial charge >= 0.3 is 5.92 Å². The number of sulfonamides is 1. The van der Waals surface area contributed by atoms with Crippen LogP contribution in [-0.2, 0) is 10.0 Å². The van der Waals surface area contributed by atoms with Crippen LogP contribution in [0.15, 0.2) is 102 Å². The molecule has 0 aliphatic carbocycles. The quantitative estimate of drug-likeness (QED) is 0.357. The summed E-state index contributed by atoms with van der Waals surface area (Å²) in [5.41, 5.74) is 0.603. The number of aryl methyl sites for hydroxylation is 1. The molecule has 7 heteroatoms. The average molecular weight is 466 g/mol. The Bertz CT molecular complexity index is 1400. The molecule has 0 saturated carbocycles. The van der Waals surface area contributed by atoms with Crippen molar-refractivity contribution in [1.82, 2.24) is 4.72 Å². The highest BCUT2D eigenvalue weighted by atomic mass is 32.2. The van der Waals surface area contributed by atoms with E-state index >= 15 is 8.78 Å². The lowest BCUT2D eigenvalue weighted by Gasteiger charge is -2.27. The Morgan fingerprint density at radius 1 is 0.818 bits per heavy atom. The molecule has 0 radical (unpaired) electrons. The minimum absolute atomic E-state index is 0.0151. The summed E-state index contributed by atoms with van der Waals surface area (Å²) >= 11 is 0. The van der Waals surface area contributed by atoms with Gasteiger partial charge in [-0.1, -0.05) is 84.4 Å². The Kier molecular flexibility index (Phi) is 6.10. The molecule has 0 spiro atoms. The number of halogens is 2. The minimum atomic E-state index is -4.36. The molecule has 1 N–H and O–H groups in total. The van der Waals surface area contributed by atoms with Crippen molar-refractivity contribution in [3.05, 3.63) is 114 Å². The summed E-state index contributed by atoms with van der Waals surface area (Å²) in [5.74, 6) is -5.52. The van der Waals surface area contributed by atoms with Gasteiger partial charge in [0.25, 0.3) is 0 Å². The first-order chi connectivity index (χ1) is 15.7. The van der Waals surface area contributed by atoms with Crippen LogP contribution in [0.25, 0.3) is 10.8 Å². The van der Waals surface area contributed by atoms with Crippen molar-refractivity contribution < 1.29 is 22.0 Å². The molecule has 0 aromatic heterocycles. The Morgan fingerprint density at radius 3 is 2.09 bits per heavy atom. The number of hydrogen-bond acceptors (Lipinski definition) is 3. The molecule has 0 fully saturated rings. The lowest BCUT2D eigenvalue weighted by atomic mass is 9.93. The molecule has 0 heterocycles. The third-order valence-corrected chi connectivity index (χ3v) is 6.85. The first kappa shape index (κ1) is 22.8. The lowest BCUT2D eigenvalue weighted by molar-refractivity contribution is -0.0110. The number of Topliss-reactive ketones (excluding diaryl/α,β-unsaturated/α-hetero) is 1. The van der Waals surface area contributed by atoms with Gasteiger partial charge in [0.1, 0.15) is 6.04 Å². The monoisotopic (exact) mass is 465 g/mol. The molecule has 1 unspecified atom stereocenters. The van der Waals surface area contributed by atoms with Crippen molar-refractivity contribution >= 4 is 26.6 Å². The maximum Gasteiger partial charge on any atom is 0.329 e. The van der Waals surface area contributed by atoms with Gasteiger partial charge in [-0.05, 0) is 41.5 Å². The van der Waals surface area contributed by atoms with E-state index in [1.807, 2.05) is 12.1 Å². The second kappa shape index (κ2) is 8.84. The van der Waals surface area contributed by atoms with Gasteiger partial charge in [-0.3, -0.25) is 4.79 Å². The van der Waals surface area contributed by atoms with Crippen molar-refractivity contribution in [3.63, 3.8) is 0 Å². The van der Waals surface area contributed by atoms with E-state index in [4.69, 9.17) is 0 Å². The van der Waals surface area contributed by atoms with Gasteiger partial charge in [0.05, 0.1) is 4.90 Å². The number of carbonyl (C=O) groups excluding carboxylic acids is 1. The van der Waals surface area contributed by atoms with Crippen LogP contribution >= 0.6 is 0 Å². The van der Waals surface area contributed by atoms with Crippen LogP contribution in [0.1, 0.15) is 27.5 Å². The number of carbonyl (C=O) groups is 1. The molecule has 4 rings (SSSR count). The number of benzene rings is 4. The van der Waals surface area contributed by atoms with Crippen molar-refractivity contribution in [2.75, 3.05) is 0 Å². The molecule has 0 bridgehead atoms. The van der Waals surface area contributed by atoms with Crippen LogP contribution in [0, 0.1) is 6.92 Å². The summed E-state index contributed by atoms with van der Waals surface area (Å²) in [6.45, 7) is 1.79. The summed E-state index contributed by atoms with van der Waals surface area (Å²) in [4.78, 5) is 12.7. The number of rotatable bonds is 7. The Labute approximate surface area is 190 Å². The predicted molar refractivity (Wildman–Crippen MR) is 124 cm³/mol. The van der Waals surface area contributed by atoms with E-state index in [1.54, 1.807) is 43.3 Å². The zero-order valence-corrected chi connectivity index (χ0v) is 18.5. The van der Waals surface area contributed by atoms with Gasteiger partial charge in [-0.2, -0.15) is 13.5 Å². The van der Waals surface area contributed by atoms with Crippen LogP contribution in [0.2, 0.25) is 0 Å². The fraction of sp³-hybridized carbons (Fsp3) is 0.115. The number of alkyl halides is 2. The number of hydrogen-bond donors (Lipinski definition) is 1. The summed E-state index contributed by atoms with van der Waals surface area (Å²) in [6, 6.07) is 22.5. The van der Waals surface area contributed by atoms with Gasteiger partial charge in [0.15, 0.2) is 0 Å². The fourth-order valence-corrected chi connectivity index (χ4v) is 4.82. The van der Waals surface area contributed by atoms with Crippen molar-refractivity contribution in [2.45, 2.75) is 23.8 Å².